The maximum absolute atomic E-state index is 10.1. The summed E-state index contributed by atoms with van der Waals surface area (Å²) in [6.07, 6.45) is 9.00. The fraction of sp³-hybridized carbons (Fsp3) is 1.00. The van der Waals surface area contributed by atoms with E-state index in [0.717, 1.165) is 0 Å². The molecule has 0 aromatic rings. The Morgan fingerprint density at radius 1 is 0.933 bits per heavy atom. The van der Waals surface area contributed by atoms with Crippen LogP contribution in [0.3, 0.4) is 0 Å². The Morgan fingerprint density at radius 3 is 1.27 bits per heavy atom. The molecule has 5 heteroatoms. The molecule has 1 aliphatic rings. The minimum absolute atomic E-state index is 0.821. The van der Waals surface area contributed by atoms with Gasteiger partial charge in [-0.25, -0.2) is 0 Å². The van der Waals surface area contributed by atoms with Gasteiger partial charge in [-0.1, -0.05) is 38.5 Å². The third-order valence-electron chi connectivity index (χ3n) is 1.86. The first-order valence-corrected chi connectivity index (χ1v) is 7.52. The molecule has 4 nitrogen and oxygen atoms in total. The van der Waals surface area contributed by atoms with E-state index in [4.69, 9.17) is 4.16 Å². The van der Waals surface area contributed by atoms with Crippen molar-refractivity contribution >= 4 is 0 Å². The summed E-state index contributed by atoms with van der Waals surface area (Å²) in [7, 11) is 0. The van der Waals surface area contributed by atoms with E-state index in [9.17, 15) is 7.61 Å². The van der Waals surface area contributed by atoms with Crippen molar-refractivity contribution in [2.45, 2.75) is 64.9 Å². The van der Waals surface area contributed by atoms with Crippen LogP contribution in [-0.2, 0) is 25.0 Å². The molecule has 92 valence electrons. The van der Waals surface area contributed by atoms with E-state index in [1.54, 1.807) is 20.8 Å². The average molecular weight is 258 g/mol. The van der Waals surface area contributed by atoms with Gasteiger partial charge in [-0.15, -0.1) is 0 Å². The van der Waals surface area contributed by atoms with Crippen LogP contribution in [0.25, 0.3) is 0 Å². The molecular weight excluding hydrogens is 236 g/mol. The predicted octanol–water partition coefficient (Wildman–Crippen LogP) is 2.81. The van der Waals surface area contributed by atoms with Crippen molar-refractivity contribution < 1.29 is 29.2 Å². The van der Waals surface area contributed by atoms with Crippen molar-refractivity contribution in [1.82, 2.24) is 0 Å². The topological polar surface area (TPSA) is 63.6 Å². The Bertz CT molecular complexity index is 236. The standard InChI is InChI=1S/C6H12.C4H9O.Cr.H2O.2O/c1-2-4-6-5-3-1;1-4(2,3)5;;;;/h1-6H2;1-3H3;;1H2;;/q;-1;+2;;;/p-1. The Morgan fingerprint density at radius 2 is 1.20 bits per heavy atom. The predicted molar refractivity (Wildman–Crippen MR) is 52.1 cm³/mol. The second kappa shape index (κ2) is 6.60. The maximum atomic E-state index is 10.1. The summed E-state index contributed by atoms with van der Waals surface area (Å²) in [4.78, 5) is 0. The van der Waals surface area contributed by atoms with Gasteiger partial charge in [-0.2, -0.15) is 0 Å². The monoisotopic (exact) mass is 258 g/mol. The number of hydrogen-bond donors (Lipinski definition) is 1. The molecule has 0 bridgehead atoms. The summed E-state index contributed by atoms with van der Waals surface area (Å²) in [6, 6.07) is 0. The Hall–Kier alpha value is 0.0525. The first-order chi connectivity index (χ1) is 6.71. The van der Waals surface area contributed by atoms with Crippen LogP contribution >= 0.6 is 0 Å². The van der Waals surface area contributed by atoms with Crippen molar-refractivity contribution in [3.63, 3.8) is 0 Å². The normalized spacial score (nSPS) is 17.9. The Balaban J connectivity index is 0.000000280. The van der Waals surface area contributed by atoms with Crippen molar-refractivity contribution in [2.24, 2.45) is 0 Å². The zero-order valence-electron chi connectivity index (χ0n) is 9.82. The van der Waals surface area contributed by atoms with Gasteiger partial charge in [0, 0.05) is 0 Å². The minimum atomic E-state index is -4.95. The molecule has 1 rings (SSSR count). The fourth-order valence-corrected chi connectivity index (χ4v) is 2.36. The Labute approximate surface area is 94.4 Å². The molecule has 0 saturated heterocycles. The first kappa shape index (κ1) is 15.1. The van der Waals surface area contributed by atoms with Crippen LogP contribution < -0.4 is 0 Å². The van der Waals surface area contributed by atoms with Crippen LogP contribution in [0.1, 0.15) is 59.3 Å². The summed E-state index contributed by atoms with van der Waals surface area (Å²) < 4.78 is 32.5. The van der Waals surface area contributed by atoms with Gasteiger partial charge in [0.25, 0.3) is 0 Å². The van der Waals surface area contributed by atoms with Crippen LogP contribution in [0.4, 0.5) is 0 Å². The number of rotatable bonds is 1. The van der Waals surface area contributed by atoms with Crippen LogP contribution in [0.5, 0.6) is 0 Å². The second-order valence-electron chi connectivity index (χ2n) is 4.74. The van der Waals surface area contributed by atoms with E-state index in [2.05, 4.69) is 3.79 Å². The molecule has 1 N–H and O–H groups in total. The molecule has 1 aliphatic carbocycles. The molecule has 0 spiro atoms. The van der Waals surface area contributed by atoms with Gasteiger partial charge in [-0.3, -0.25) is 0 Å². The van der Waals surface area contributed by atoms with Gasteiger partial charge in [0.2, 0.25) is 0 Å². The van der Waals surface area contributed by atoms with Gasteiger partial charge in [0.1, 0.15) is 0 Å². The van der Waals surface area contributed by atoms with Gasteiger partial charge < -0.3 is 0 Å². The molecule has 0 aliphatic heterocycles. The Kier molecular flexibility index (Phi) is 6.62. The van der Waals surface area contributed by atoms with E-state index in [0.29, 0.717) is 0 Å². The summed E-state index contributed by atoms with van der Waals surface area (Å²) in [5, 5.41) is 0. The van der Waals surface area contributed by atoms with Crippen molar-refractivity contribution in [3.05, 3.63) is 0 Å². The third kappa shape index (κ3) is 14.1. The van der Waals surface area contributed by atoms with E-state index >= 15 is 0 Å². The quantitative estimate of drug-likeness (QED) is 0.785. The van der Waals surface area contributed by atoms with Crippen molar-refractivity contribution in [1.29, 1.82) is 0 Å². The molecule has 0 amide bonds. The van der Waals surface area contributed by atoms with E-state index in [1.165, 1.54) is 38.5 Å². The van der Waals surface area contributed by atoms with E-state index in [1.807, 2.05) is 0 Å². The molecule has 0 aromatic carbocycles. The van der Waals surface area contributed by atoms with E-state index in [-0.39, 0.29) is 0 Å². The second-order valence-corrected chi connectivity index (χ2v) is 6.34. The van der Waals surface area contributed by atoms with Crippen molar-refractivity contribution in [3.8, 4) is 0 Å². The summed E-state index contributed by atoms with van der Waals surface area (Å²) >= 11 is -4.95. The molecule has 1 saturated carbocycles. The number of hydrogen-bond acceptors (Lipinski definition) is 3. The molecular formula is C10H22CrO4. The third-order valence-corrected chi connectivity index (χ3v) is 2.96. The van der Waals surface area contributed by atoms with Gasteiger partial charge in [0.15, 0.2) is 0 Å². The molecule has 0 heterocycles. The van der Waals surface area contributed by atoms with Crippen molar-refractivity contribution in [2.75, 3.05) is 0 Å². The first-order valence-electron chi connectivity index (χ1n) is 5.39. The molecule has 1 fully saturated rings. The zero-order chi connectivity index (χ0) is 11.9. The van der Waals surface area contributed by atoms with Gasteiger partial charge in [0.05, 0.1) is 0 Å². The van der Waals surface area contributed by atoms with Crippen LogP contribution in [0, 0.1) is 0 Å². The molecule has 0 radical (unpaired) electrons. The van der Waals surface area contributed by atoms with E-state index < -0.39 is 19.2 Å². The van der Waals surface area contributed by atoms with Crippen LogP contribution in [-0.4, -0.2) is 9.76 Å². The SMILES string of the molecule is C1CCCCC1.CC(C)(C)[O][Cr](=[O])(=[O])[OH]. The molecule has 0 unspecified atom stereocenters. The molecule has 0 aromatic heterocycles. The summed E-state index contributed by atoms with van der Waals surface area (Å²) in [6.45, 7) is 4.64. The van der Waals surface area contributed by atoms with Gasteiger partial charge in [-0.05, 0) is 0 Å². The fourth-order valence-electron chi connectivity index (χ4n) is 1.38. The summed E-state index contributed by atoms with van der Waals surface area (Å²) in [5.41, 5.74) is -0.821. The molecule has 0 atom stereocenters. The summed E-state index contributed by atoms with van der Waals surface area (Å²) in [5.74, 6) is 0. The molecule has 15 heavy (non-hydrogen) atoms. The van der Waals surface area contributed by atoms with Crippen LogP contribution in [0.2, 0.25) is 0 Å². The van der Waals surface area contributed by atoms with Crippen LogP contribution in [0.15, 0.2) is 0 Å². The zero-order valence-corrected chi connectivity index (χ0v) is 11.1. The average Bonchev–Trinajstić information content (AvgIpc) is 2.01. The van der Waals surface area contributed by atoms with Gasteiger partial charge >= 0.3 is 55.5 Å².